The lowest BCUT2D eigenvalue weighted by molar-refractivity contribution is -0.117. The Morgan fingerprint density at radius 3 is 2.52 bits per heavy atom. The van der Waals surface area contributed by atoms with Gasteiger partial charge in [0, 0.05) is 24.9 Å². The Labute approximate surface area is 141 Å². The lowest BCUT2D eigenvalue weighted by Gasteiger charge is -2.12. The van der Waals surface area contributed by atoms with Gasteiger partial charge >= 0.3 is 0 Å². The van der Waals surface area contributed by atoms with Crippen LogP contribution in [0.4, 0.5) is 5.69 Å². The number of halogens is 1. The van der Waals surface area contributed by atoms with E-state index in [9.17, 15) is 4.79 Å². The van der Waals surface area contributed by atoms with Gasteiger partial charge in [0.15, 0.2) is 0 Å². The van der Waals surface area contributed by atoms with Crippen molar-refractivity contribution in [1.82, 2.24) is 5.32 Å². The minimum atomic E-state index is -0.436. The number of nitrogens with one attached hydrogen (secondary N) is 2. The molecule has 23 heavy (non-hydrogen) atoms. The summed E-state index contributed by atoms with van der Waals surface area (Å²) in [4.78, 5) is 11.9. The van der Waals surface area contributed by atoms with E-state index >= 15 is 0 Å². The molecule has 0 unspecified atom stereocenters. The number of nitrogens with zero attached hydrogens (tertiary/aromatic N) is 1. The van der Waals surface area contributed by atoms with Gasteiger partial charge in [-0.25, -0.2) is 0 Å². The summed E-state index contributed by atoms with van der Waals surface area (Å²) in [5.41, 5.74) is 0.486. The van der Waals surface area contributed by atoms with Crippen molar-refractivity contribution in [3.63, 3.8) is 0 Å². The third-order valence-electron chi connectivity index (χ3n) is 2.88. The third kappa shape index (κ3) is 5.38. The summed E-state index contributed by atoms with van der Waals surface area (Å²) in [6.07, 6.45) is 1.32. The van der Waals surface area contributed by atoms with Gasteiger partial charge in [-0.15, -0.1) is 0 Å². The molecule has 1 aromatic carbocycles. The summed E-state index contributed by atoms with van der Waals surface area (Å²) in [7, 11) is 2.99. The van der Waals surface area contributed by atoms with Crippen LogP contribution in [0.5, 0.6) is 11.5 Å². The fourth-order valence-electron chi connectivity index (χ4n) is 1.66. The number of nitriles is 1. The fraction of sp³-hybridized carbons (Fsp3) is 0.375. The standard InChI is InChI=1S/C16H20ClN3O3/c1-10(2)8-20-16(21)11(7-18)9-19-13-6-14(22-3)12(17)5-15(13)23-4/h5-6,9-10,19H,8H2,1-4H3,(H,20,21)/b11-9-. The molecule has 0 saturated carbocycles. The van der Waals surface area contributed by atoms with Gasteiger partial charge in [-0.1, -0.05) is 25.4 Å². The first-order chi connectivity index (χ1) is 10.9. The van der Waals surface area contributed by atoms with Gasteiger partial charge in [-0.2, -0.15) is 5.26 Å². The second-order valence-corrected chi connectivity index (χ2v) is 5.51. The van der Waals surface area contributed by atoms with E-state index in [1.807, 2.05) is 19.9 Å². The zero-order valence-electron chi connectivity index (χ0n) is 13.6. The summed E-state index contributed by atoms with van der Waals surface area (Å²) in [6, 6.07) is 5.07. The molecular weight excluding hydrogens is 318 g/mol. The largest absolute Gasteiger partial charge is 0.495 e. The summed E-state index contributed by atoms with van der Waals surface area (Å²) in [5.74, 6) is 0.777. The first-order valence-electron chi connectivity index (χ1n) is 6.99. The molecule has 7 heteroatoms. The van der Waals surface area contributed by atoms with Gasteiger partial charge in [0.2, 0.25) is 0 Å². The smallest absolute Gasteiger partial charge is 0.263 e. The maximum absolute atomic E-state index is 11.9. The highest BCUT2D eigenvalue weighted by Crippen LogP contribution is 2.35. The van der Waals surface area contributed by atoms with Crippen LogP contribution in [0.3, 0.4) is 0 Å². The average Bonchev–Trinajstić information content (AvgIpc) is 2.53. The number of ether oxygens (including phenoxy) is 2. The molecule has 1 amide bonds. The van der Waals surface area contributed by atoms with Crippen molar-refractivity contribution in [2.24, 2.45) is 5.92 Å². The molecule has 2 N–H and O–H groups in total. The van der Waals surface area contributed by atoms with Gasteiger partial charge in [-0.3, -0.25) is 4.79 Å². The number of hydrogen-bond acceptors (Lipinski definition) is 5. The first kappa shape index (κ1) is 18.7. The highest BCUT2D eigenvalue weighted by atomic mass is 35.5. The van der Waals surface area contributed by atoms with Crippen molar-refractivity contribution < 1.29 is 14.3 Å². The quantitative estimate of drug-likeness (QED) is 0.590. The van der Waals surface area contributed by atoms with Crippen LogP contribution >= 0.6 is 11.6 Å². The van der Waals surface area contributed by atoms with Crippen LogP contribution in [0.25, 0.3) is 0 Å². The maximum atomic E-state index is 11.9. The zero-order chi connectivity index (χ0) is 17.4. The minimum Gasteiger partial charge on any atom is -0.495 e. The highest BCUT2D eigenvalue weighted by Gasteiger charge is 2.12. The molecule has 6 nitrogen and oxygen atoms in total. The molecule has 1 rings (SSSR count). The topological polar surface area (TPSA) is 83.4 Å². The van der Waals surface area contributed by atoms with E-state index in [0.717, 1.165) is 0 Å². The molecule has 0 aliphatic rings. The van der Waals surface area contributed by atoms with Gasteiger partial charge < -0.3 is 20.1 Å². The molecular formula is C16H20ClN3O3. The lowest BCUT2D eigenvalue weighted by Crippen LogP contribution is -2.28. The molecule has 0 fully saturated rings. The molecule has 1 aromatic rings. The number of carbonyl (C=O) groups is 1. The van der Waals surface area contributed by atoms with Crippen LogP contribution < -0.4 is 20.1 Å². The molecule has 0 spiro atoms. The van der Waals surface area contributed by atoms with E-state index in [4.69, 9.17) is 26.3 Å². The Kier molecular flexibility index (Phi) is 7.23. The highest BCUT2D eigenvalue weighted by molar-refractivity contribution is 6.32. The van der Waals surface area contributed by atoms with Crippen LogP contribution in [0, 0.1) is 17.2 Å². The Morgan fingerprint density at radius 2 is 2.00 bits per heavy atom. The number of anilines is 1. The number of methoxy groups -OCH3 is 2. The van der Waals surface area contributed by atoms with Crippen molar-refractivity contribution in [1.29, 1.82) is 5.26 Å². The van der Waals surface area contributed by atoms with E-state index in [-0.39, 0.29) is 5.57 Å². The minimum absolute atomic E-state index is 0.0402. The molecule has 124 valence electrons. The first-order valence-corrected chi connectivity index (χ1v) is 7.37. The van der Waals surface area contributed by atoms with Crippen LogP contribution in [-0.4, -0.2) is 26.7 Å². The lowest BCUT2D eigenvalue weighted by atomic mass is 10.2. The Bertz CT molecular complexity index is 636. The van der Waals surface area contributed by atoms with Gasteiger partial charge in [0.25, 0.3) is 5.91 Å². The molecule has 0 atom stereocenters. The van der Waals surface area contributed by atoms with E-state index in [1.54, 1.807) is 12.1 Å². The summed E-state index contributed by atoms with van der Waals surface area (Å²) >= 11 is 6.03. The van der Waals surface area contributed by atoms with E-state index in [2.05, 4.69) is 10.6 Å². The maximum Gasteiger partial charge on any atom is 0.263 e. The molecule has 0 bridgehead atoms. The number of hydrogen-bond donors (Lipinski definition) is 2. The average molecular weight is 338 g/mol. The third-order valence-corrected chi connectivity index (χ3v) is 3.18. The normalized spacial score (nSPS) is 10.9. The van der Waals surface area contributed by atoms with Gasteiger partial charge in [0.1, 0.15) is 23.1 Å². The van der Waals surface area contributed by atoms with Crippen molar-refractivity contribution in [2.75, 3.05) is 26.1 Å². The second-order valence-electron chi connectivity index (χ2n) is 5.11. The molecule has 0 saturated heterocycles. The summed E-state index contributed by atoms with van der Waals surface area (Å²) in [6.45, 7) is 4.44. The van der Waals surface area contributed by atoms with E-state index < -0.39 is 5.91 Å². The number of carbonyl (C=O) groups excluding carboxylic acids is 1. The monoisotopic (exact) mass is 337 g/mol. The fourth-order valence-corrected chi connectivity index (χ4v) is 1.89. The Morgan fingerprint density at radius 1 is 1.35 bits per heavy atom. The van der Waals surface area contributed by atoms with Gasteiger partial charge in [0.05, 0.1) is 24.9 Å². The van der Waals surface area contributed by atoms with Crippen molar-refractivity contribution in [3.8, 4) is 17.6 Å². The number of amides is 1. The molecule has 0 aliphatic heterocycles. The van der Waals surface area contributed by atoms with E-state index in [1.165, 1.54) is 20.4 Å². The molecule has 0 heterocycles. The molecule has 0 radical (unpaired) electrons. The zero-order valence-corrected chi connectivity index (χ0v) is 14.3. The van der Waals surface area contributed by atoms with Crippen LogP contribution in [0.2, 0.25) is 5.02 Å². The summed E-state index contributed by atoms with van der Waals surface area (Å²) < 4.78 is 10.4. The van der Waals surface area contributed by atoms with Crippen LogP contribution in [0.1, 0.15) is 13.8 Å². The number of rotatable bonds is 7. The van der Waals surface area contributed by atoms with Crippen LogP contribution in [-0.2, 0) is 4.79 Å². The predicted octanol–water partition coefficient (Wildman–Crippen LogP) is 2.95. The van der Waals surface area contributed by atoms with E-state index in [0.29, 0.717) is 34.7 Å². The van der Waals surface area contributed by atoms with Crippen molar-refractivity contribution in [3.05, 3.63) is 28.9 Å². The molecule has 0 aliphatic carbocycles. The predicted molar refractivity (Wildman–Crippen MR) is 89.7 cm³/mol. The van der Waals surface area contributed by atoms with Gasteiger partial charge in [-0.05, 0) is 5.92 Å². The Balaban J connectivity index is 2.97. The second kappa shape index (κ2) is 8.91. The number of benzene rings is 1. The van der Waals surface area contributed by atoms with Crippen molar-refractivity contribution in [2.45, 2.75) is 13.8 Å². The molecule has 0 aromatic heterocycles. The summed E-state index contributed by atoms with van der Waals surface area (Å²) in [5, 5.41) is 15.1. The van der Waals surface area contributed by atoms with Crippen molar-refractivity contribution >= 4 is 23.2 Å². The van der Waals surface area contributed by atoms with Crippen LogP contribution in [0.15, 0.2) is 23.9 Å². The SMILES string of the molecule is COc1cc(N/C=C(/C#N)C(=O)NCC(C)C)c(OC)cc1Cl. The Hall–Kier alpha value is -2.39.